The molecule has 0 amide bonds. The van der Waals surface area contributed by atoms with Crippen molar-refractivity contribution in [2.75, 3.05) is 20.6 Å². The number of carbonyl (C=O) groups excluding carboxylic acids is 1. The molecule has 0 aliphatic heterocycles. The van der Waals surface area contributed by atoms with Crippen LogP contribution in [0.5, 0.6) is 0 Å². The Bertz CT molecular complexity index is 273. The molecule has 0 spiro atoms. The molecule has 0 atom stereocenters. The summed E-state index contributed by atoms with van der Waals surface area (Å²) in [6.07, 6.45) is 14.7. The molecule has 0 aliphatic rings. The maximum atomic E-state index is 9.37. The number of hydrogen-bond acceptors (Lipinski definition) is 4. The van der Waals surface area contributed by atoms with Crippen LogP contribution in [-0.2, 0) is 9.59 Å². The Morgan fingerprint density at radius 3 is 1.31 bits per heavy atom. The molecular weight excluding hydrogens is 341 g/mol. The molecular formula is C20H42NNaO4. The molecule has 0 fully saturated rings. The fourth-order valence-corrected chi connectivity index (χ4v) is 1.92. The Labute approximate surface area is 184 Å². The van der Waals surface area contributed by atoms with E-state index in [1.54, 1.807) is 6.92 Å². The first-order valence-corrected chi connectivity index (χ1v) is 9.88. The van der Waals surface area contributed by atoms with Gasteiger partial charge in [-0.25, -0.2) is 0 Å². The first-order chi connectivity index (χ1) is 11.8. The zero-order chi connectivity index (χ0) is 19.9. The molecule has 1 N–H and O–H groups in total. The largest absolute Gasteiger partial charge is 1.00 e. The fraction of sp³-hybridized carbons (Fsp3) is 0.900. The van der Waals surface area contributed by atoms with Crippen molar-refractivity contribution in [1.82, 2.24) is 4.90 Å². The number of unbranched alkanes of at least 4 members (excludes halogenated alkanes) is 9. The van der Waals surface area contributed by atoms with E-state index in [0.29, 0.717) is 0 Å². The summed E-state index contributed by atoms with van der Waals surface area (Å²) in [6, 6.07) is 0. The Hall–Kier alpha value is -0.100. The third-order valence-corrected chi connectivity index (χ3v) is 3.55. The minimum atomic E-state index is -0.995. The number of carboxylic acid groups (broad SMARTS) is 2. The number of rotatable bonds is 13. The normalized spacial score (nSPS) is 9.31. The van der Waals surface area contributed by atoms with E-state index in [1.165, 1.54) is 77.7 Å². The number of carbonyl (C=O) groups is 2. The van der Waals surface area contributed by atoms with Crippen molar-refractivity contribution in [1.29, 1.82) is 0 Å². The Kier molecular flexibility index (Phi) is 38.2. The maximum absolute atomic E-state index is 9.37. The molecule has 0 aromatic rings. The minimum absolute atomic E-state index is 0. The molecule has 0 saturated heterocycles. The van der Waals surface area contributed by atoms with Gasteiger partial charge in [-0.1, -0.05) is 78.6 Å². The summed E-state index contributed by atoms with van der Waals surface area (Å²) in [7, 11) is 4.32. The monoisotopic (exact) mass is 383 g/mol. The molecule has 6 heteroatoms. The second kappa shape index (κ2) is 29.7. The van der Waals surface area contributed by atoms with Gasteiger partial charge in [0.15, 0.2) is 0 Å². The van der Waals surface area contributed by atoms with Gasteiger partial charge in [0.2, 0.25) is 0 Å². The third-order valence-electron chi connectivity index (χ3n) is 3.55. The predicted octanol–water partition coefficient (Wildman–Crippen LogP) is 1.10. The molecule has 5 nitrogen and oxygen atoms in total. The summed E-state index contributed by atoms with van der Waals surface area (Å²) in [4.78, 5) is 20.9. The third kappa shape index (κ3) is 49.6. The van der Waals surface area contributed by atoms with Crippen LogP contribution in [0.15, 0.2) is 0 Å². The topological polar surface area (TPSA) is 80.7 Å². The van der Waals surface area contributed by atoms with Crippen LogP contribution in [0.3, 0.4) is 0 Å². The SMILES string of the molecule is CCC(=O)O.CCC(=O)[O-].CCCCCCCCCCCCN(C)C.[Na+]. The quantitative estimate of drug-likeness (QED) is 0.380. The van der Waals surface area contributed by atoms with E-state index in [0.717, 1.165) is 0 Å². The van der Waals surface area contributed by atoms with Crippen molar-refractivity contribution in [3.8, 4) is 0 Å². The van der Waals surface area contributed by atoms with Crippen LogP contribution < -0.4 is 34.7 Å². The molecule has 0 aromatic carbocycles. The molecule has 0 unspecified atom stereocenters. The average molecular weight is 384 g/mol. The summed E-state index contributed by atoms with van der Waals surface area (Å²) in [5.41, 5.74) is 0. The van der Waals surface area contributed by atoms with Crippen LogP contribution in [0, 0.1) is 0 Å². The van der Waals surface area contributed by atoms with Gasteiger partial charge in [0.05, 0.1) is 0 Å². The van der Waals surface area contributed by atoms with E-state index in [2.05, 4.69) is 25.9 Å². The van der Waals surface area contributed by atoms with Gasteiger partial charge in [-0.15, -0.1) is 0 Å². The molecule has 0 saturated carbocycles. The molecule has 0 radical (unpaired) electrons. The van der Waals surface area contributed by atoms with Crippen LogP contribution in [0.25, 0.3) is 0 Å². The standard InChI is InChI=1S/C14H31N.2C3H6O2.Na/c1-4-5-6-7-8-9-10-11-12-13-14-15(2)3;2*1-2-3(4)5;/h4-14H2,1-3H3;2*2H2,1H3,(H,4,5);/q;;;+1/p-1. The molecule has 0 heterocycles. The maximum Gasteiger partial charge on any atom is 1.00 e. The van der Waals surface area contributed by atoms with Crippen molar-refractivity contribution in [3.05, 3.63) is 0 Å². The smallest absolute Gasteiger partial charge is 0.550 e. The second-order valence-electron chi connectivity index (χ2n) is 6.46. The molecule has 26 heavy (non-hydrogen) atoms. The Balaban J connectivity index is -0.000000182. The van der Waals surface area contributed by atoms with E-state index in [-0.39, 0.29) is 42.4 Å². The Morgan fingerprint density at radius 1 is 0.769 bits per heavy atom. The van der Waals surface area contributed by atoms with Gasteiger partial charge in [-0.05, 0) is 33.5 Å². The van der Waals surface area contributed by atoms with Crippen LogP contribution in [0.2, 0.25) is 0 Å². The van der Waals surface area contributed by atoms with E-state index >= 15 is 0 Å². The van der Waals surface area contributed by atoms with Crippen molar-refractivity contribution >= 4 is 11.9 Å². The second-order valence-corrected chi connectivity index (χ2v) is 6.46. The molecule has 0 rings (SSSR count). The number of hydrogen-bond donors (Lipinski definition) is 1. The van der Waals surface area contributed by atoms with Crippen molar-refractivity contribution < 1.29 is 49.4 Å². The summed E-state index contributed by atoms with van der Waals surface area (Å²) in [5.74, 6) is -1.74. The van der Waals surface area contributed by atoms with Gasteiger partial charge in [0, 0.05) is 12.4 Å². The number of carboxylic acids is 2. The van der Waals surface area contributed by atoms with E-state index in [9.17, 15) is 14.7 Å². The summed E-state index contributed by atoms with van der Waals surface area (Å²) < 4.78 is 0. The van der Waals surface area contributed by atoms with Gasteiger partial charge in [-0.2, -0.15) is 0 Å². The van der Waals surface area contributed by atoms with Crippen LogP contribution in [-0.4, -0.2) is 42.6 Å². The number of nitrogens with zero attached hydrogens (tertiary/aromatic N) is 1. The first-order valence-electron chi connectivity index (χ1n) is 9.88. The predicted molar refractivity (Wildman–Crippen MR) is 104 cm³/mol. The first kappa shape index (κ1) is 33.5. The van der Waals surface area contributed by atoms with Crippen molar-refractivity contribution in [2.24, 2.45) is 0 Å². The van der Waals surface area contributed by atoms with Gasteiger partial charge in [0.25, 0.3) is 0 Å². The zero-order valence-corrected chi connectivity index (χ0v) is 20.3. The molecule has 0 aromatic heterocycles. The summed E-state index contributed by atoms with van der Waals surface area (Å²) >= 11 is 0. The number of aliphatic carboxylic acids is 2. The van der Waals surface area contributed by atoms with Crippen molar-refractivity contribution in [2.45, 2.75) is 97.8 Å². The minimum Gasteiger partial charge on any atom is -0.550 e. The van der Waals surface area contributed by atoms with E-state index in [4.69, 9.17) is 5.11 Å². The van der Waals surface area contributed by atoms with Gasteiger partial charge in [0.1, 0.15) is 0 Å². The molecule has 0 bridgehead atoms. The Morgan fingerprint density at radius 2 is 1.08 bits per heavy atom. The fourth-order valence-electron chi connectivity index (χ4n) is 1.92. The summed E-state index contributed by atoms with van der Waals surface area (Å²) in [5, 5.41) is 17.0. The van der Waals surface area contributed by atoms with Crippen LogP contribution in [0.4, 0.5) is 0 Å². The van der Waals surface area contributed by atoms with Gasteiger partial charge < -0.3 is 19.9 Å². The molecule has 152 valence electrons. The van der Waals surface area contributed by atoms with Gasteiger partial charge in [-0.3, -0.25) is 4.79 Å². The van der Waals surface area contributed by atoms with Crippen LogP contribution >= 0.6 is 0 Å². The molecule has 0 aliphatic carbocycles. The zero-order valence-electron chi connectivity index (χ0n) is 18.3. The van der Waals surface area contributed by atoms with E-state index < -0.39 is 11.9 Å². The van der Waals surface area contributed by atoms with Crippen LogP contribution in [0.1, 0.15) is 97.8 Å². The van der Waals surface area contributed by atoms with Crippen molar-refractivity contribution in [3.63, 3.8) is 0 Å². The summed E-state index contributed by atoms with van der Waals surface area (Å²) in [6.45, 7) is 6.68. The van der Waals surface area contributed by atoms with Gasteiger partial charge >= 0.3 is 35.5 Å². The average Bonchev–Trinajstić information content (AvgIpc) is 2.57. The van der Waals surface area contributed by atoms with E-state index in [1.807, 2.05) is 0 Å².